The van der Waals surface area contributed by atoms with Crippen LogP contribution in [-0.4, -0.2) is 23.0 Å². The molecule has 1 N–H and O–H groups in total. The standard InChI is InChI=1S/C26H23N3O2/c1-31-23-14-12-19(13-15-23)24-16-22(28-18-29-24)17-27-26(30)25(20-8-4-2-5-9-20)21-10-6-3-7-11-21/h2-16,18,25H,17H2,1H3,(H,27,30). The number of benzene rings is 3. The van der Waals surface area contributed by atoms with Crippen molar-refractivity contribution in [1.82, 2.24) is 15.3 Å². The average molecular weight is 409 g/mol. The minimum Gasteiger partial charge on any atom is -0.497 e. The molecule has 0 aliphatic carbocycles. The van der Waals surface area contributed by atoms with Gasteiger partial charge < -0.3 is 10.1 Å². The second-order valence-electron chi connectivity index (χ2n) is 7.10. The van der Waals surface area contributed by atoms with Crippen molar-refractivity contribution in [1.29, 1.82) is 0 Å². The summed E-state index contributed by atoms with van der Waals surface area (Å²) >= 11 is 0. The largest absolute Gasteiger partial charge is 0.497 e. The molecule has 1 heterocycles. The summed E-state index contributed by atoms with van der Waals surface area (Å²) in [6.45, 7) is 0.320. The third-order valence-electron chi connectivity index (χ3n) is 5.08. The lowest BCUT2D eigenvalue weighted by Crippen LogP contribution is -2.30. The Hall–Kier alpha value is -3.99. The van der Waals surface area contributed by atoms with E-state index < -0.39 is 0 Å². The number of nitrogens with zero attached hydrogens (tertiary/aromatic N) is 2. The first-order chi connectivity index (χ1) is 15.2. The molecule has 4 aromatic rings. The van der Waals surface area contributed by atoms with Crippen LogP contribution in [0.25, 0.3) is 11.3 Å². The van der Waals surface area contributed by atoms with Crippen LogP contribution in [0.2, 0.25) is 0 Å². The van der Waals surface area contributed by atoms with Crippen molar-refractivity contribution < 1.29 is 9.53 Å². The Morgan fingerprint density at radius 1 is 0.871 bits per heavy atom. The predicted molar refractivity (Wildman–Crippen MR) is 121 cm³/mol. The van der Waals surface area contributed by atoms with E-state index in [4.69, 9.17) is 4.74 Å². The Kier molecular flexibility index (Phi) is 6.33. The lowest BCUT2D eigenvalue weighted by atomic mass is 9.90. The molecule has 0 radical (unpaired) electrons. The molecule has 0 bridgehead atoms. The van der Waals surface area contributed by atoms with E-state index in [0.29, 0.717) is 6.54 Å². The van der Waals surface area contributed by atoms with Crippen LogP contribution >= 0.6 is 0 Å². The predicted octanol–water partition coefficient (Wildman–Crippen LogP) is 4.60. The molecule has 0 spiro atoms. The fourth-order valence-electron chi connectivity index (χ4n) is 3.48. The molecule has 3 aromatic carbocycles. The van der Waals surface area contributed by atoms with Gasteiger partial charge >= 0.3 is 0 Å². The third kappa shape index (κ3) is 4.95. The molecule has 0 atom stereocenters. The van der Waals surface area contributed by atoms with Crippen LogP contribution in [-0.2, 0) is 11.3 Å². The van der Waals surface area contributed by atoms with Crippen LogP contribution in [0.5, 0.6) is 5.75 Å². The van der Waals surface area contributed by atoms with Crippen molar-refractivity contribution in [3.05, 3.63) is 114 Å². The molecular formula is C26H23N3O2. The van der Waals surface area contributed by atoms with Crippen LogP contribution in [0, 0.1) is 0 Å². The molecule has 5 heteroatoms. The van der Waals surface area contributed by atoms with E-state index >= 15 is 0 Å². The number of hydrogen-bond donors (Lipinski definition) is 1. The third-order valence-corrected chi connectivity index (χ3v) is 5.08. The highest BCUT2D eigenvalue weighted by Gasteiger charge is 2.22. The maximum absolute atomic E-state index is 13.2. The quantitative estimate of drug-likeness (QED) is 0.485. The second-order valence-corrected chi connectivity index (χ2v) is 7.10. The highest BCUT2D eigenvalue weighted by molar-refractivity contribution is 5.87. The Bertz CT molecular complexity index is 1090. The number of rotatable bonds is 7. The zero-order chi connectivity index (χ0) is 21.5. The lowest BCUT2D eigenvalue weighted by Gasteiger charge is -2.18. The zero-order valence-electron chi connectivity index (χ0n) is 17.2. The van der Waals surface area contributed by atoms with E-state index in [2.05, 4.69) is 15.3 Å². The summed E-state index contributed by atoms with van der Waals surface area (Å²) in [6, 6.07) is 29.2. The van der Waals surface area contributed by atoms with Gasteiger partial charge in [0.1, 0.15) is 12.1 Å². The molecule has 5 nitrogen and oxygen atoms in total. The van der Waals surface area contributed by atoms with E-state index in [1.54, 1.807) is 7.11 Å². The van der Waals surface area contributed by atoms with E-state index in [1.807, 2.05) is 91.0 Å². The first-order valence-electron chi connectivity index (χ1n) is 10.1. The number of hydrogen-bond acceptors (Lipinski definition) is 4. The van der Waals surface area contributed by atoms with E-state index in [-0.39, 0.29) is 11.8 Å². The number of methoxy groups -OCH3 is 1. The maximum Gasteiger partial charge on any atom is 0.232 e. The lowest BCUT2D eigenvalue weighted by molar-refractivity contribution is -0.121. The average Bonchev–Trinajstić information content (AvgIpc) is 2.84. The van der Waals surface area contributed by atoms with Crippen molar-refractivity contribution in [2.45, 2.75) is 12.5 Å². The summed E-state index contributed by atoms with van der Waals surface area (Å²) in [7, 11) is 1.64. The maximum atomic E-state index is 13.2. The van der Waals surface area contributed by atoms with Crippen molar-refractivity contribution in [2.24, 2.45) is 0 Å². The highest BCUT2D eigenvalue weighted by atomic mass is 16.5. The van der Waals surface area contributed by atoms with E-state index in [1.165, 1.54) is 6.33 Å². The molecule has 0 aliphatic rings. The molecule has 0 saturated carbocycles. The van der Waals surface area contributed by atoms with Crippen molar-refractivity contribution in [3.8, 4) is 17.0 Å². The van der Waals surface area contributed by atoms with Crippen molar-refractivity contribution in [2.75, 3.05) is 7.11 Å². The molecular weight excluding hydrogens is 386 g/mol. The smallest absolute Gasteiger partial charge is 0.232 e. The Morgan fingerprint density at radius 2 is 1.48 bits per heavy atom. The Balaban J connectivity index is 1.51. The van der Waals surface area contributed by atoms with Crippen LogP contribution in [0.1, 0.15) is 22.7 Å². The number of aromatic nitrogens is 2. The number of carbonyl (C=O) groups excluding carboxylic acids is 1. The molecule has 1 aromatic heterocycles. The number of amides is 1. The highest BCUT2D eigenvalue weighted by Crippen LogP contribution is 2.25. The van der Waals surface area contributed by atoms with Gasteiger partial charge in [0, 0.05) is 5.56 Å². The minimum atomic E-state index is -0.384. The van der Waals surface area contributed by atoms with Gasteiger partial charge in [-0.3, -0.25) is 4.79 Å². The van der Waals surface area contributed by atoms with Crippen LogP contribution in [0.15, 0.2) is 97.3 Å². The minimum absolute atomic E-state index is 0.0676. The molecule has 0 saturated heterocycles. The van der Waals surface area contributed by atoms with Gasteiger partial charge in [-0.2, -0.15) is 0 Å². The van der Waals surface area contributed by atoms with E-state index in [0.717, 1.165) is 33.8 Å². The summed E-state index contributed by atoms with van der Waals surface area (Å²) in [4.78, 5) is 21.9. The molecule has 0 fully saturated rings. The van der Waals surface area contributed by atoms with Gasteiger partial charge in [-0.1, -0.05) is 60.7 Å². The van der Waals surface area contributed by atoms with Gasteiger partial charge in [0.2, 0.25) is 5.91 Å². The number of carbonyl (C=O) groups is 1. The van der Waals surface area contributed by atoms with Crippen LogP contribution < -0.4 is 10.1 Å². The molecule has 0 unspecified atom stereocenters. The summed E-state index contributed by atoms with van der Waals surface area (Å²) in [5.41, 5.74) is 4.40. The van der Waals surface area contributed by atoms with Gasteiger partial charge in [-0.15, -0.1) is 0 Å². The second kappa shape index (κ2) is 9.67. The van der Waals surface area contributed by atoms with Gasteiger partial charge in [0.15, 0.2) is 0 Å². The van der Waals surface area contributed by atoms with Crippen LogP contribution in [0.3, 0.4) is 0 Å². The SMILES string of the molecule is COc1ccc(-c2cc(CNC(=O)C(c3ccccc3)c3ccccc3)ncn2)cc1. The summed E-state index contributed by atoms with van der Waals surface area (Å²) in [6.07, 6.45) is 1.52. The molecule has 31 heavy (non-hydrogen) atoms. The molecule has 154 valence electrons. The van der Waals surface area contributed by atoms with E-state index in [9.17, 15) is 4.79 Å². The Morgan fingerprint density at radius 3 is 2.06 bits per heavy atom. The van der Waals surface area contributed by atoms with Gasteiger partial charge in [-0.05, 0) is 41.5 Å². The normalized spacial score (nSPS) is 10.6. The van der Waals surface area contributed by atoms with Gasteiger partial charge in [-0.25, -0.2) is 9.97 Å². The fourth-order valence-corrected chi connectivity index (χ4v) is 3.48. The van der Waals surface area contributed by atoms with Gasteiger partial charge in [0.05, 0.1) is 31.0 Å². The fraction of sp³-hybridized carbons (Fsp3) is 0.115. The number of ether oxygens (including phenoxy) is 1. The van der Waals surface area contributed by atoms with Gasteiger partial charge in [0.25, 0.3) is 0 Å². The summed E-state index contributed by atoms with van der Waals surface area (Å²) < 4.78 is 5.21. The molecule has 4 rings (SSSR count). The Labute approximate surface area is 181 Å². The summed E-state index contributed by atoms with van der Waals surface area (Å²) in [5.74, 6) is 0.338. The van der Waals surface area contributed by atoms with Crippen LogP contribution in [0.4, 0.5) is 0 Å². The van der Waals surface area contributed by atoms with Crippen molar-refractivity contribution in [3.63, 3.8) is 0 Å². The first kappa shape index (κ1) is 20.3. The topological polar surface area (TPSA) is 64.1 Å². The zero-order valence-corrected chi connectivity index (χ0v) is 17.2. The summed E-state index contributed by atoms with van der Waals surface area (Å²) in [5, 5.41) is 3.04. The molecule has 0 aliphatic heterocycles. The first-order valence-corrected chi connectivity index (χ1v) is 10.1. The molecule has 1 amide bonds. The number of nitrogens with one attached hydrogen (secondary N) is 1. The monoisotopic (exact) mass is 409 g/mol. The van der Waals surface area contributed by atoms with Crippen molar-refractivity contribution >= 4 is 5.91 Å².